The number of benzene rings is 1. The van der Waals surface area contributed by atoms with E-state index in [-0.39, 0.29) is 18.4 Å². The molecule has 0 unspecified atom stereocenters. The van der Waals surface area contributed by atoms with Crippen LogP contribution in [0.25, 0.3) is 0 Å². The average molecular weight is 347 g/mol. The Morgan fingerprint density at radius 1 is 1.16 bits per heavy atom. The van der Waals surface area contributed by atoms with Gasteiger partial charge in [0.25, 0.3) is 0 Å². The molecule has 0 atom stereocenters. The minimum atomic E-state index is -0.452. The van der Waals surface area contributed by atoms with Crippen molar-refractivity contribution in [3.8, 4) is 11.5 Å². The van der Waals surface area contributed by atoms with E-state index in [1.165, 1.54) is 12.6 Å². The number of amides is 2. The van der Waals surface area contributed by atoms with Gasteiger partial charge in [-0.15, -0.1) is 0 Å². The number of methoxy groups -OCH3 is 2. The van der Waals surface area contributed by atoms with Gasteiger partial charge in [0.2, 0.25) is 11.8 Å². The second kappa shape index (κ2) is 9.66. The molecule has 2 rings (SSSR count). The molecular weight excluding hydrogens is 322 g/mol. The Morgan fingerprint density at radius 3 is 2.60 bits per heavy atom. The Balaban J connectivity index is 1.82. The molecule has 2 N–H and O–H groups in total. The van der Waals surface area contributed by atoms with Gasteiger partial charge in [0, 0.05) is 11.6 Å². The number of ether oxygens (including phenoxy) is 2. The zero-order chi connectivity index (χ0) is 18.1. The van der Waals surface area contributed by atoms with E-state index < -0.39 is 5.91 Å². The van der Waals surface area contributed by atoms with Gasteiger partial charge in [-0.3, -0.25) is 9.59 Å². The largest absolute Gasteiger partial charge is 0.497 e. The average Bonchev–Trinajstić information content (AvgIpc) is 2.62. The van der Waals surface area contributed by atoms with E-state index in [9.17, 15) is 9.59 Å². The van der Waals surface area contributed by atoms with E-state index in [4.69, 9.17) is 9.47 Å². The van der Waals surface area contributed by atoms with Crippen LogP contribution in [-0.4, -0.2) is 38.3 Å². The quantitative estimate of drug-likeness (QED) is 0.448. The first-order valence-electron chi connectivity index (χ1n) is 8.45. The summed E-state index contributed by atoms with van der Waals surface area (Å²) in [7, 11) is 3.11. The van der Waals surface area contributed by atoms with Gasteiger partial charge >= 0.3 is 0 Å². The zero-order valence-corrected chi connectivity index (χ0v) is 14.7. The van der Waals surface area contributed by atoms with Gasteiger partial charge < -0.3 is 14.8 Å². The molecule has 0 aromatic heterocycles. The molecule has 0 aliphatic heterocycles. The third kappa shape index (κ3) is 6.10. The van der Waals surface area contributed by atoms with Crippen LogP contribution in [0.1, 0.15) is 44.1 Å². The fourth-order valence-electron chi connectivity index (χ4n) is 2.83. The Labute approximate surface area is 147 Å². The van der Waals surface area contributed by atoms with E-state index in [2.05, 4.69) is 15.8 Å². The maximum absolute atomic E-state index is 11.9. The van der Waals surface area contributed by atoms with Crippen molar-refractivity contribution in [1.82, 2.24) is 10.7 Å². The second-order valence-corrected chi connectivity index (χ2v) is 5.98. The van der Waals surface area contributed by atoms with Crippen LogP contribution in [0.2, 0.25) is 0 Å². The number of rotatable bonds is 7. The van der Waals surface area contributed by atoms with Crippen molar-refractivity contribution >= 4 is 18.0 Å². The highest BCUT2D eigenvalue weighted by Crippen LogP contribution is 2.22. The molecule has 0 radical (unpaired) electrons. The first-order valence-corrected chi connectivity index (χ1v) is 8.45. The number of hydrogen-bond donors (Lipinski definition) is 2. The lowest BCUT2D eigenvalue weighted by atomic mass is 9.95. The Bertz CT molecular complexity index is 625. The van der Waals surface area contributed by atoms with E-state index in [0.717, 1.165) is 25.7 Å². The van der Waals surface area contributed by atoms with Crippen molar-refractivity contribution in [3.63, 3.8) is 0 Å². The van der Waals surface area contributed by atoms with Crippen LogP contribution in [0.3, 0.4) is 0 Å². The Kier molecular flexibility index (Phi) is 7.25. The minimum absolute atomic E-state index is 0.193. The highest BCUT2D eigenvalue weighted by molar-refractivity contribution is 5.97. The fourth-order valence-corrected chi connectivity index (χ4v) is 2.83. The molecular formula is C18H25N3O4. The molecule has 0 bridgehead atoms. The SMILES string of the molecule is COc1ccc(OC)c(C=NNC(=O)CC(=O)NC2CCCCC2)c1. The maximum atomic E-state index is 11.9. The topological polar surface area (TPSA) is 89.0 Å². The molecule has 7 nitrogen and oxygen atoms in total. The lowest BCUT2D eigenvalue weighted by molar-refractivity contribution is -0.129. The van der Waals surface area contributed by atoms with Gasteiger partial charge in [0.05, 0.1) is 20.4 Å². The number of carbonyl (C=O) groups excluding carboxylic acids is 2. The normalized spacial score (nSPS) is 15.0. The molecule has 2 amide bonds. The molecule has 1 aliphatic carbocycles. The van der Waals surface area contributed by atoms with E-state index >= 15 is 0 Å². The number of carbonyl (C=O) groups is 2. The number of nitrogens with one attached hydrogen (secondary N) is 2. The standard InChI is InChI=1S/C18H25N3O4/c1-24-15-8-9-16(25-2)13(10-15)12-19-21-18(23)11-17(22)20-14-6-4-3-5-7-14/h8-10,12,14H,3-7,11H2,1-2H3,(H,20,22)(H,21,23). The summed E-state index contributed by atoms with van der Waals surface area (Å²) in [5.41, 5.74) is 3.02. The number of hydrogen-bond acceptors (Lipinski definition) is 5. The summed E-state index contributed by atoms with van der Waals surface area (Å²) in [6.07, 6.45) is 6.67. The maximum Gasteiger partial charge on any atom is 0.249 e. The number of hydrazone groups is 1. The third-order valence-electron chi connectivity index (χ3n) is 4.12. The molecule has 25 heavy (non-hydrogen) atoms. The van der Waals surface area contributed by atoms with Gasteiger partial charge in [0.15, 0.2) is 0 Å². The van der Waals surface area contributed by atoms with Crippen LogP contribution in [0.5, 0.6) is 11.5 Å². The molecule has 0 saturated heterocycles. The summed E-state index contributed by atoms with van der Waals surface area (Å²) in [5, 5.41) is 6.79. The Morgan fingerprint density at radius 2 is 1.92 bits per heavy atom. The van der Waals surface area contributed by atoms with Crippen molar-refractivity contribution < 1.29 is 19.1 Å². The highest BCUT2D eigenvalue weighted by Gasteiger charge is 2.17. The minimum Gasteiger partial charge on any atom is -0.497 e. The summed E-state index contributed by atoms with van der Waals surface area (Å²) in [4.78, 5) is 23.7. The lowest BCUT2D eigenvalue weighted by Gasteiger charge is -2.22. The van der Waals surface area contributed by atoms with Crippen molar-refractivity contribution in [2.45, 2.75) is 44.6 Å². The van der Waals surface area contributed by atoms with Gasteiger partial charge in [-0.25, -0.2) is 5.43 Å². The van der Waals surface area contributed by atoms with Gasteiger partial charge in [0.1, 0.15) is 17.9 Å². The van der Waals surface area contributed by atoms with Crippen LogP contribution >= 0.6 is 0 Å². The monoisotopic (exact) mass is 347 g/mol. The fraction of sp³-hybridized carbons (Fsp3) is 0.500. The summed E-state index contributed by atoms with van der Waals surface area (Å²) >= 11 is 0. The predicted octanol–water partition coefficient (Wildman–Crippen LogP) is 1.99. The lowest BCUT2D eigenvalue weighted by Crippen LogP contribution is -2.38. The van der Waals surface area contributed by atoms with Crippen LogP contribution in [0.4, 0.5) is 0 Å². The zero-order valence-electron chi connectivity index (χ0n) is 14.7. The van der Waals surface area contributed by atoms with E-state index in [1.807, 2.05) is 0 Å². The van der Waals surface area contributed by atoms with Crippen LogP contribution in [0, 0.1) is 0 Å². The van der Waals surface area contributed by atoms with Gasteiger partial charge in [-0.1, -0.05) is 19.3 Å². The summed E-state index contributed by atoms with van der Waals surface area (Å²) < 4.78 is 10.4. The first-order chi connectivity index (χ1) is 12.1. The number of nitrogens with zero attached hydrogens (tertiary/aromatic N) is 1. The van der Waals surface area contributed by atoms with Gasteiger partial charge in [-0.2, -0.15) is 5.10 Å². The molecule has 1 aromatic rings. The molecule has 1 saturated carbocycles. The Hall–Kier alpha value is -2.57. The van der Waals surface area contributed by atoms with Crippen molar-refractivity contribution in [2.24, 2.45) is 5.10 Å². The van der Waals surface area contributed by atoms with Crippen molar-refractivity contribution in [2.75, 3.05) is 14.2 Å². The summed E-state index contributed by atoms with van der Waals surface area (Å²) in [5.74, 6) is 0.541. The first kappa shape index (κ1) is 18.8. The third-order valence-corrected chi connectivity index (χ3v) is 4.12. The molecule has 0 spiro atoms. The van der Waals surface area contributed by atoms with Crippen molar-refractivity contribution in [3.05, 3.63) is 23.8 Å². The second-order valence-electron chi connectivity index (χ2n) is 5.98. The van der Waals surface area contributed by atoms with E-state index in [0.29, 0.717) is 17.1 Å². The molecule has 0 heterocycles. The smallest absolute Gasteiger partial charge is 0.249 e. The predicted molar refractivity (Wildman–Crippen MR) is 94.9 cm³/mol. The summed E-state index contributed by atoms with van der Waals surface area (Å²) in [6, 6.07) is 5.45. The molecule has 7 heteroatoms. The molecule has 1 aliphatic rings. The van der Waals surface area contributed by atoms with E-state index in [1.54, 1.807) is 32.4 Å². The summed E-state index contributed by atoms with van der Waals surface area (Å²) in [6.45, 7) is 0. The molecule has 1 fully saturated rings. The highest BCUT2D eigenvalue weighted by atomic mass is 16.5. The van der Waals surface area contributed by atoms with Gasteiger partial charge in [-0.05, 0) is 31.0 Å². The van der Waals surface area contributed by atoms with Crippen LogP contribution < -0.4 is 20.2 Å². The van der Waals surface area contributed by atoms with Crippen LogP contribution in [-0.2, 0) is 9.59 Å². The molecule has 136 valence electrons. The van der Waals surface area contributed by atoms with Crippen LogP contribution in [0.15, 0.2) is 23.3 Å². The molecule has 1 aromatic carbocycles. The van der Waals surface area contributed by atoms with Crippen molar-refractivity contribution in [1.29, 1.82) is 0 Å².